The molecule has 1 atom stereocenters. The van der Waals surface area contributed by atoms with Crippen molar-refractivity contribution in [1.82, 2.24) is 9.69 Å². The Morgan fingerprint density at radius 1 is 1.62 bits per heavy atom. The second-order valence-corrected chi connectivity index (χ2v) is 5.51. The fourth-order valence-electron chi connectivity index (χ4n) is 1.62. The van der Waals surface area contributed by atoms with Crippen molar-refractivity contribution in [1.29, 1.82) is 0 Å². The van der Waals surface area contributed by atoms with Crippen LogP contribution in [0.15, 0.2) is 0 Å². The zero-order valence-electron chi connectivity index (χ0n) is 9.63. The Labute approximate surface area is 98.6 Å². The van der Waals surface area contributed by atoms with Gasteiger partial charge in [0.2, 0.25) is 0 Å². The van der Waals surface area contributed by atoms with Crippen molar-refractivity contribution >= 4 is 28.3 Å². The van der Waals surface area contributed by atoms with E-state index in [0.717, 1.165) is 11.4 Å². The summed E-state index contributed by atoms with van der Waals surface area (Å²) < 4.78 is 4.01. The number of nitrogens with zero attached hydrogens (tertiary/aromatic N) is 1. The minimum absolute atomic E-state index is 0.188. The summed E-state index contributed by atoms with van der Waals surface area (Å²) in [5, 5.41) is 6.67. The molecule has 1 saturated carbocycles. The quantitative estimate of drug-likeness (QED) is 0.744. The first-order valence-electron chi connectivity index (χ1n) is 5.19. The Bertz CT molecular complexity index is 426. The highest BCUT2D eigenvalue weighted by Crippen LogP contribution is 2.47. The molecule has 88 valence electrons. The molecule has 0 bridgehead atoms. The average Bonchev–Trinajstić information content (AvgIpc) is 2.64. The molecule has 16 heavy (non-hydrogen) atoms. The fraction of sp³-hybridized carbons (Fsp3) is 0.600. The van der Waals surface area contributed by atoms with Crippen LogP contribution in [0.3, 0.4) is 0 Å². The summed E-state index contributed by atoms with van der Waals surface area (Å²) >= 11 is 1.24. The minimum Gasteiger partial charge on any atom is -0.382 e. The summed E-state index contributed by atoms with van der Waals surface area (Å²) in [7, 11) is 1.59. The van der Waals surface area contributed by atoms with Gasteiger partial charge in [-0.3, -0.25) is 4.79 Å². The van der Waals surface area contributed by atoms with Gasteiger partial charge < -0.3 is 16.4 Å². The van der Waals surface area contributed by atoms with Crippen LogP contribution in [0.5, 0.6) is 0 Å². The van der Waals surface area contributed by atoms with Gasteiger partial charge in [0.25, 0.3) is 5.91 Å². The van der Waals surface area contributed by atoms with Gasteiger partial charge in [-0.25, -0.2) is 0 Å². The van der Waals surface area contributed by atoms with Crippen LogP contribution in [0.25, 0.3) is 0 Å². The number of carbonyl (C=O) groups is 1. The van der Waals surface area contributed by atoms with Crippen LogP contribution in [0.2, 0.25) is 0 Å². The molecule has 4 N–H and O–H groups in total. The first kappa shape index (κ1) is 11.2. The van der Waals surface area contributed by atoms with Crippen molar-refractivity contribution in [2.75, 3.05) is 18.1 Å². The molecule has 6 heteroatoms. The first-order chi connectivity index (χ1) is 7.45. The second-order valence-electron chi connectivity index (χ2n) is 4.74. The molecule has 1 fully saturated rings. The second kappa shape index (κ2) is 3.62. The normalized spacial score (nSPS) is 21.6. The SMILES string of the molecule is CNC(=O)c1c(N)nsc1NC1CC1(C)C. The highest BCUT2D eigenvalue weighted by Gasteiger charge is 2.46. The minimum atomic E-state index is -0.188. The molecule has 1 unspecified atom stereocenters. The third-order valence-electron chi connectivity index (χ3n) is 2.99. The van der Waals surface area contributed by atoms with E-state index < -0.39 is 0 Å². The molecule has 1 aromatic rings. The number of aromatic nitrogens is 1. The topological polar surface area (TPSA) is 80.0 Å². The zero-order chi connectivity index (χ0) is 11.9. The largest absolute Gasteiger partial charge is 0.382 e. The Balaban J connectivity index is 2.19. The van der Waals surface area contributed by atoms with Crippen LogP contribution in [0.1, 0.15) is 30.6 Å². The van der Waals surface area contributed by atoms with Crippen molar-refractivity contribution in [3.63, 3.8) is 0 Å². The first-order valence-corrected chi connectivity index (χ1v) is 5.97. The zero-order valence-corrected chi connectivity index (χ0v) is 10.4. The average molecular weight is 240 g/mol. The molecule has 0 radical (unpaired) electrons. The van der Waals surface area contributed by atoms with Crippen molar-refractivity contribution in [2.24, 2.45) is 5.41 Å². The van der Waals surface area contributed by atoms with Gasteiger partial charge in [-0.15, -0.1) is 0 Å². The molecule has 0 saturated heterocycles. The fourth-order valence-corrected chi connectivity index (χ4v) is 2.38. The number of amides is 1. The number of nitrogens with two attached hydrogens (primary N) is 1. The third kappa shape index (κ3) is 1.84. The van der Waals surface area contributed by atoms with Gasteiger partial charge in [0.1, 0.15) is 10.6 Å². The molecule has 1 aliphatic rings. The van der Waals surface area contributed by atoms with E-state index in [2.05, 4.69) is 28.9 Å². The molecule has 0 aromatic carbocycles. The number of rotatable bonds is 3. The molecule has 1 aromatic heterocycles. The number of nitrogen functional groups attached to an aromatic ring is 1. The van der Waals surface area contributed by atoms with Gasteiger partial charge in [-0.2, -0.15) is 4.37 Å². The van der Waals surface area contributed by atoms with Crippen LogP contribution in [0, 0.1) is 5.41 Å². The lowest BCUT2D eigenvalue weighted by atomic mass is 10.2. The molecule has 1 aliphatic carbocycles. The van der Waals surface area contributed by atoms with Gasteiger partial charge >= 0.3 is 0 Å². The van der Waals surface area contributed by atoms with Gasteiger partial charge in [0.15, 0.2) is 5.82 Å². The molecule has 5 nitrogen and oxygen atoms in total. The van der Waals surface area contributed by atoms with Gasteiger partial charge in [-0.1, -0.05) is 13.8 Å². The van der Waals surface area contributed by atoms with Gasteiger partial charge in [-0.05, 0) is 23.4 Å². The van der Waals surface area contributed by atoms with E-state index in [1.165, 1.54) is 11.5 Å². The van der Waals surface area contributed by atoms with E-state index in [-0.39, 0.29) is 5.91 Å². The van der Waals surface area contributed by atoms with Crippen LogP contribution in [0.4, 0.5) is 10.8 Å². The molecule has 0 aliphatic heterocycles. The van der Waals surface area contributed by atoms with Crippen molar-refractivity contribution in [3.8, 4) is 0 Å². The predicted octanol–water partition coefficient (Wildman–Crippen LogP) is 1.30. The van der Waals surface area contributed by atoms with Crippen molar-refractivity contribution in [3.05, 3.63) is 5.56 Å². The van der Waals surface area contributed by atoms with E-state index in [0.29, 0.717) is 22.8 Å². The Kier molecular flexibility index (Phi) is 2.53. The van der Waals surface area contributed by atoms with E-state index >= 15 is 0 Å². The Hall–Kier alpha value is -1.30. The van der Waals surface area contributed by atoms with E-state index in [4.69, 9.17) is 5.73 Å². The molecular weight excluding hydrogens is 224 g/mol. The number of nitrogens with one attached hydrogen (secondary N) is 2. The monoisotopic (exact) mass is 240 g/mol. The molecule has 0 spiro atoms. The lowest BCUT2D eigenvalue weighted by Gasteiger charge is -2.07. The maximum Gasteiger partial charge on any atom is 0.257 e. The lowest BCUT2D eigenvalue weighted by molar-refractivity contribution is 0.0965. The van der Waals surface area contributed by atoms with Crippen LogP contribution in [-0.4, -0.2) is 23.4 Å². The van der Waals surface area contributed by atoms with Gasteiger partial charge in [0.05, 0.1) is 0 Å². The van der Waals surface area contributed by atoms with E-state index in [1.807, 2.05) is 0 Å². The summed E-state index contributed by atoms with van der Waals surface area (Å²) in [5.41, 5.74) is 6.45. The van der Waals surface area contributed by atoms with Crippen LogP contribution < -0.4 is 16.4 Å². The number of hydrogen-bond acceptors (Lipinski definition) is 5. The Morgan fingerprint density at radius 3 is 2.75 bits per heavy atom. The predicted molar refractivity (Wildman–Crippen MR) is 65.7 cm³/mol. The van der Waals surface area contributed by atoms with Crippen LogP contribution >= 0.6 is 11.5 Å². The molecule has 1 amide bonds. The maximum absolute atomic E-state index is 11.6. The number of carbonyl (C=O) groups excluding carboxylic acids is 1. The summed E-state index contributed by atoms with van der Waals surface area (Å²) in [5.74, 6) is 0.109. The standard InChI is InChI=1S/C10H16N4OS/c1-10(2)4-5(10)13-9-6(8(15)12-3)7(11)14-16-9/h5,13H,4H2,1-3H3,(H2,11,14)(H,12,15). The Morgan fingerprint density at radius 2 is 2.25 bits per heavy atom. The van der Waals surface area contributed by atoms with Crippen molar-refractivity contribution in [2.45, 2.75) is 26.3 Å². The molecule has 1 heterocycles. The third-order valence-corrected chi connectivity index (χ3v) is 3.78. The van der Waals surface area contributed by atoms with Crippen LogP contribution in [-0.2, 0) is 0 Å². The number of hydrogen-bond donors (Lipinski definition) is 3. The maximum atomic E-state index is 11.6. The summed E-state index contributed by atoms with van der Waals surface area (Å²) in [4.78, 5) is 11.6. The highest BCUT2D eigenvalue weighted by atomic mass is 32.1. The van der Waals surface area contributed by atoms with Gasteiger partial charge in [0, 0.05) is 13.1 Å². The summed E-state index contributed by atoms with van der Waals surface area (Å²) in [6.07, 6.45) is 1.11. The van der Waals surface area contributed by atoms with E-state index in [9.17, 15) is 4.79 Å². The van der Waals surface area contributed by atoms with Crippen molar-refractivity contribution < 1.29 is 4.79 Å². The lowest BCUT2D eigenvalue weighted by Crippen LogP contribution is -2.20. The van der Waals surface area contributed by atoms with E-state index in [1.54, 1.807) is 7.05 Å². The highest BCUT2D eigenvalue weighted by molar-refractivity contribution is 7.11. The summed E-state index contributed by atoms with van der Waals surface area (Å²) in [6, 6.07) is 0.413. The smallest absolute Gasteiger partial charge is 0.257 e. The number of anilines is 2. The molecular formula is C10H16N4OS. The molecule has 2 rings (SSSR count). The summed E-state index contributed by atoms with van der Waals surface area (Å²) in [6.45, 7) is 4.38.